The van der Waals surface area contributed by atoms with Crippen molar-refractivity contribution in [2.24, 2.45) is 5.73 Å². The van der Waals surface area contributed by atoms with E-state index in [2.05, 4.69) is 15.0 Å². The van der Waals surface area contributed by atoms with Crippen LogP contribution in [0.2, 0.25) is 0 Å². The Morgan fingerprint density at radius 2 is 2.21 bits per heavy atom. The highest BCUT2D eigenvalue weighted by atomic mass is 16.5. The summed E-state index contributed by atoms with van der Waals surface area (Å²) < 4.78 is 5.04. The Morgan fingerprint density at radius 1 is 1.50 bits per heavy atom. The van der Waals surface area contributed by atoms with Crippen LogP contribution < -0.4 is 5.73 Å². The summed E-state index contributed by atoms with van der Waals surface area (Å²) in [4.78, 5) is 6.30. The molecular weight excluding hydrogens is 180 g/mol. The average Bonchev–Trinajstić information content (AvgIpc) is 2.62. The number of likely N-dealkylation sites (N-methyl/N-ethyl adjacent to an activating group) is 1. The summed E-state index contributed by atoms with van der Waals surface area (Å²) in [5.74, 6) is 1.28. The minimum Gasteiger partial charge on any atom is -0.338 e. The van der Waals surface area contributed by atoms with E-state index in [-0.39, 0.29) is 6.04 Å². The molecule has 0 amide bonds. The second-order valence-electron chi connectivity index (χ2n) is 3.62. The molecule has 1 heterocycles. The topological polar surface area (TPSA) is 68.2 Å². The Balaban J connectivity index is 2.50. The molecule has 0 unspecified atom stereocenters. The highest BCUT2D eigenvalue weighted by Crippen LogP contribution is 2.10. The minimum absolute atomic E-state index is 0.129. The van der Waals surface area contributed by atoms with Crippen LogP contribution in [-0.2, 0) is 6.42 Å². The van der Waals surface area contributed by atoms with Crippen LogP contribution in [0.4, 0.5) is 0 Å². The van der Waals surface area contributed by atoms with Crippen LogP contribution in [0.5, 0.6) is 0 Å². The van der Waals surface area contributed by atoms with Crippen molar-refractivity contribution in [3.63, 3.8) is 0 Å². The number of hydrogen-bond acceptors (Lipinski definition) is 5. The zero-order chi connectivity index (χ0) is 10.6. The quantitative estimate of drug-likeness (QED) is 0.749. The minimum atomic E-state index is -0.129. The average molecular weight is 198 g/mol. The van der Waals surface area contributed by atoms with Crippen LogP contribution in [-0.4, -0.2) is 35.7 Å². The van der Waals surface area contributed by atoms with Gasteiger partial charge in [0.05, 0.1) is 6.04 Å². The van der Waals surface area contributed by atoms with E-state index in [1.165, 1.54) is 0 Å². The number of nitrogens with two attached hydrogens (primary N) is 1. The fourth-order valence-electron chi connectivity index (χ4n) is 1.02. The van der Waals surface area contributed by atoms with E-state index in [0.29, 0.717) is 5.89 Å². The highest BCUT2D eigenvalue weighted by molar-refractivity contribution is 4.91. The van der Waals surface area contributed by atoms with Crippen molar-refractivity contribution in [1.29, 1.82) is 0 Å². The molecule has 14 heavy (non-hydrogen) atoms. The largest absolute Gasteiger partial charge is 0.338 e. The van der Waals surface area contributed by atoms with Gasteiger partial charge in [-0.3, -0.25) is 0 Å². The van der Waals surface area contributed by atoms with Gasteiger partial charge in [-0.05, 0) is 20.5 Å². The summed E-state index contributed by atoms with van der Waals surface area (Å²) >= 11 is 0. The van der Waals surface area contributed by atoms with E-state index >= 15 is 0 Å². The van der Waals surface area contributed by atoms with E-state index in [0.717, 1.165) is 25.2 Å². The third kappa shape index (κ3) is 3.08. The zero-order valence-corrected chi connectivity index (χ0v) is 9.03. The normalized spacial score (nSPS) is 13.5. The summed E-state index contributed by atoms with van der Waals surface area (Å²) in [6.45, 7) is 2.91. The Labute approximate surface area is 84.3 Å². The fraction of sp³-hybridized carbons (Fsp3) is 0.778. The predicted molar refractivity (Wildman–Crippen MR) is 53.8 cm³/mol. The Kier molecular flexibility index (Phi) is 4.03. The maximum Gasteiger partial charge on any atom is 0.243 e. The lowest BCUT2D eigenvalue weighted by Gasteiger charge is -2.05. The van der Waals surface area contributed by atoms with Crippen LogP contribution in [0.25, 0.3) is 0 Å². The maximum atomic E-state index is 5.76. The summed E-state index contributed by atoms with van der Waals surface area (Å²) in [7, 11) is 4.03. The van der Waals surface area contributed by atoms with E-state index in [9.17, 15) is 0 Å². The zero-order valence-electron chi connectivity index (χ0n) is 9.03. The molecule has 1 atom stereocenters. The van der Waals surface area contributed by atoms with Gasteiger partial charge in [-0.1, -0.05) is 12.1 Å². The summed E-state index contributed by atoms with van der Waals surface area (Å²) in [6.07, 6.45) is 1.61. The SMILES string of the molecule is CC[C@@H](N)c1nc(CCN(C)C)no1. The summed E-state index contributed by atoms with van der Waals surface area (Å²) in [5, 5.41) is 3.86. The molecule has 0 saturated heterocycles. The van der Waals surface area contributed by atoms with Gasteiger partial charge < -0.3 is 15.2 Å². The molecule has 0 fully saturated rings. The van der Waals surface area contributed by atoms with Crippen LogP contribution >= 0.6 is 0 Å². The van der Waals surface area contributed by atoms with E-state index in [1.807, 2.05) is 21.0 Å². The monoisotopic (exact) mass is 198 g/mol. The van der Waals surface area contributed by atoms with Crippen LogP contribution in [0, 0.1) is 0 Å². The van der Waals surface area contributed by atoms with Gasteiger partial charge in [0, 0.05) is 13.0 Å². The van der Waals surface area contributed by atoms with Crippen molar-refractivity contribution in [2.75, 3.05) is 20.6 Å². The Morgan fingerprint density at radius 3 is 2.79 bits per heavy atom. The second kappa shape index (κ2) is 5.07. The van der Waals surface area contributed by atoms with Crippen molar-refractivity contribution in [3.05, 3.63) is 11.7 Å². The first-order chi connectivity index (χ1) is 6.63. The molecule has 0 saturated carbocycles. The molecule has 5 heteroatoms. The molecule has 1 rings (SSSR count). The van der Waals surface area contributed by atoms with Gasteiger partial charge in [-0.2, -0.15) is 4.98 Å². The van der Waals surface area contributed by atoms with E-state index < -0.39 is 0 Å². The van der Waals surface area contributed by atoms with E-state index in [1.54, 1.807) is 0 Å². The Hall–Kier alpha value is -0.940. The molecule has 5 nitrogen and oxygen atoms in total. The number of aromatic nitrogens is 2. The lowest BCUT2D eigenvalue weighted by molar-refractivity contribution is 0.345. The number of hydrogen-bond donors (Lipinski definition) is 1. The summed E-state index contributed by atoms with van der Waals surface area (Å²) in [5.41, 5.74) is 5.76. The maximum absolute atomic E-state index is 5.76. The first-order valence-corrected chi connectivity index (χ1v) is 4.86. The first kappa shape index (κ1) is 11.1. The van der Waals surface area contributed by atoms with Crippen molar-refractivity contribution >= 4 is 0 Å². The molecule has 1 aromatic rings. The molecule has 0 aromatic carbocycles. The standard InChI is InChI=1S/C9H18N4O/c1-4-7(10)9-11-8(12-14-9)5-6-13(2)3/h7H,4-6,10H2,1-3H3/t7-/m1/s1. The molecule has 0 aliphatic carbocycles. The van der Waals surface area contributed by atoms with Crippen molar-refractivity contribution in [2.45, 2.75) is 25.8 Å². The molecule has 0 radical (unpaired) electrons. The molecular formula is C9H18N4O. The van der Waals surface area contributed by atoms with Gasteiger partial charge in [0.1, 0.15) is 0 Å². The molecule has 0 bridgehead atoms. The first-order valence-electron chi connectivity index (χ1n) is 4.86. The molecule has 0 aliphatic rings. The van der Waals surface area contributed by atoms with Crippen LogP contribution in [0.3, 0.4) is 0 Å². The third-order valence-corrected chi connectivity index (χ3v) is 2.02. The highest BCUT2D eigenvalue weighted by Gasteiger charge is 2.12. The predicted octanol–water partition coefficient (Wildman–Crippen LogP) is 0.583. The second-order valence-corrected chi connectivity index (χ2v) is 3.62. The Bertz CT molecular complexity index is 272. The van der Waals surface area contributed by atoms with Crippen LogP contribution in [0.15, 0.2) is 4.52 Å². The van der Waals surface area contributed by atoms with Crippen molar-refractivity contribution in [3.8, 4) is 0 Å². The van der Waals surface area contributed by atoms with Gasteiger partial charge >= 0.3 is 0 Å². The molecule has 80 valence electrons. The van der Waals surface area contributed by atoms with Crippen LogP contribution in [0.1, 0.15) is 31.1 Å². The number of rotatable bonds is 5. The van der Waals surface area contributed by atoms with Gasteiger partial charge in [-0.25, -0.2) is 0 Å². The van der Waals surface area contributed by atoms with Gasteiger partial charge in [0.25, 0.3) is 0 Å². The van der Waals surface area contributed by atoms with Gasteiger partial charge in [0.15, 0.2) is 5.82 Å². The third-order valence-electron chi connectivity index (χ3n) is 2.02. The fourth-order valence-corrected chi connectivity index (χ4v) is 1.02. The van der Waals surface area contributed by atoms with Crippen molar-refractivity contribution < 1.29 is 4.52 Å². The number of nitrogens with zero attached hydrogens (tertiary/aromatic N) is 3. The lowest BCUT2D eigenvalue weighted by atomic mass is 10.2. The van der Waals surface area contributed by atoms with E-state index in [4.69, 9.17) is 10.3 Å². The molecule has 0 spiro atoms. The lowest BCUT2D eigenvalue weighted by Crippen LogP contribution is -2.15. The van der Waals surface area contributed by atoms with Crippen molar-refractivity contribution in [1.82, 2.24) is 15.0 Å². The van der Waals surface area contributed by atoms with Gasteiger partial charge in [0.2, 0.25) is 5.89 Å². The molecule has 2 N–H and O–H groups in total. The van der Waals surface area contributed by atoms with Gasteiger partial charge in [-0.15, -0.1) is 0 Å². The molecule has 1 aromatic heterocycles. The summed E-state index contributed by atoms with van der Waals surface area (Å²) in [6, 6.07) is -0.129. The smallest absolute Gasteiger partial charge is 0.243 e. The molecule has 0 aliphatic heterocycles.